The zero-order valence-electron chi connectivity index (χ0n) is 12.7. The number of ether oxygens (including phenoxy) is 1. The second kappa shape index (κ2) is 7.62. The molecule has 2 aliphatic rings. The predicted molar refractivity (Wildman–Crippen MR) is 83.1 cm³/mol. The molecule has 0 saturated carbocycles. The van der Waals surface area contributed by atoms with Crippen LogP contribution in [0.1, 0.15) is 6.23 Å². The SMILES string of the molecule is Nc1ncnc2c1ncn2[C@@H]1O[C@H](CO)[C@@H](O)[C@H]1O.O=C1COOP1. The van der Waals surface area contributed by atoms with Crippen molar-refractivity contribution < 1.29 is 34.4 Å². The van der Waals surface area contributed by atoms with Gasteiger partial charge in [-0.2, -0.15) is 0 Å². The number of carbonyl (C=O) groups excluding carboxylic acids is 1. The topological polar surface area (TPSA) is 175 Å². The Labute approximate surface area is 142 Å². The van der Waals surface area contributed by atoms with Gasteiger partial charge in [0.25, 0.3) is 0 Å². The summed E-state index contributed by atoms with van der Waals surface area (Å²) in [5.74, 6) is 0.218. The monoisotopic (exact) mass is 373 g/mol. The normalized spacial score (nSPS) is 30.0. The Morgan fingerprint density at radius 2 is 2.12 bits per heavy atom. The molecule has 0 aromatic carbocycles. The molecule has 12 nitrogen and oxygen atoms in total. The first-order chi connectivity index (χ1) is 12.0. The lowest BCUT2D eigenvalue weighted by Crippen LogP contribution is -2.33. The van der Waals surface area contributed by atoms with Crippen LogP contribution in [0.25, 0.3) is 11.2 Å². The number of aromatic nitrogens is 4. The van der Waals surface area contributed by atoms with Crippen LogP contribution in [0.2, 0.25) is 0 Å². The average Bonchev–Trinajstić information content (AvgIpc) is 3.31. The van der Waals surface area contributed by atoms with Gasteiger partial charge in [-0.3, -0.25) is 9.36 Å². The summed E-state index contributed by atoms with van der Waals surface area (Å²) in [4.78, 5) is 26.1. The first-order valence-corrected chi connectivity index (χ1v) is 8.06. The molecule has 25 heavy (non-hydrogen) atoms. The van der Waals surface area contributed by atoms with Crippen molar-refractivity contribution in [2.24, 2.45) is 0 Å². The highest BCUT2D eigenvalue weighted by Gasteiger charge is 2.43. The molecule has 0 bridgehead atoms. The predicted octanol–water partition coefficient (Wildman–Crippen LogP) is -1.91. The minimum atomic E-state index is -1.19. The van der Waals surface area contributed by atoms with Crippen LogP contribution in [0, 0.1) is 0 Å². The number of rotatable bonds is 2. The van der Waals surface area contributed by atoms with Gasteiger partial charge in [0.1, 0.15) is 45.6 Å². The molecule has 2 fully saturated rings. The lowest BCUT2D eigenvalue weighted by Gasteiger charge is -2.16. The van der Waals surface area contributed by atoms with Crippen molar-refractivity contribution in [2.75, 3.05) is 18.9 Å². The van der Waals surface area contributed by atoms with Crippen LogP contribution >= 0.6 is 8.81 Å². The molecule has 13 heteroatoms. The minimum Gasteiger partial charge on any atom is -0.394 e. The molecule has 5 atom stereocenters. The van der Waals surface area contributed by atoms with Gasteiger partial charge in [0.15, 0.2) is 17.7 Å². The summed E-state index contributed by atoms with van der Waals surface area (Å²) < 4.78 is 11.1. The van der Waals surface area contributed by atoms with Crippen LogP contribution in [0.4, 0.5) is 5.82 Å². The summed E-state index contributed by atoms with van der Waals surface area (Å²) in [5.41, 5.74) is 6.48. The minimum absolute atomic E-state index is 0.0370. The Morgan fingerprint density at radius 1 is 1.32 bits per heavy atom. The quantitative estimate of drug-likeness (QED) is 0.341. The van der Waals surface area contributed by atoms with Crippen molar-refractivity contribution in [3.8, 4) is 0 Å². The van der Waals surface area contributed by atoms with Crippen LogP contribution in [-0.2, 0) is 19.1 Å². The zero-order chi connectivity index (χ0) is 18.0. The van der Waals surface area contributed by atoms with E-state index in [1.165, 1.54) is 17.2 Å². The Kier molecular flexibility index (Phi) is 5.49. The molecule has 4 rings (SSSR count). The lowest BCUT2D eigenvalue weighted by atomic mass is 10.1. The van der Waals surface area contributed by atoms with Crippen LogP contribution in [0.3, 0.4) is 0 Å². The van der Waals surface area contributed by atoms with Crippen LogP contribution in [0.5, 0.6) is 0 Å². The molecule has 2 aromatic rings. The number of hydrogen-bond donors (Lipinski definition) is 4. The summed E-state index contributed by atoms with van der Waals surface area (Å²) >= 11 is 0. The van der Waals surface area contributed by atoms with Crippen molar-refractivity contribution in [1.29, 1.82) is 0 Å². The van der Waals surface area contributed by atoms with E-state index in [-0.39, 0.29) is 26.8 Å². The number of aliphatic hydroxyl groups excluding tert-OH is 3. The summed E-state index contributed by atoms with van der Waals surface area (Å²) in [5, 5.41) is 28.7. The number of nitrogens with zero attached hydrogens (tertiary/aromatic N) is 4. The van der Waals surface area contributed by atoms with Gasteiger partial charge >= 0.3 is 0 Å². The van der Waals surface area contributed by atoms with Crippen molar-refractivity contribution >= 4 is 31.3 Å². The molecule has 5 N–H and O–H groups in total. The Morgan fingerprint density at radius 3 is 2.68 bits per heavy atom. The van der Waals surface area contributed by atoms with Gasteiger partial charge in [-0.1, -0.05) is 0 Å². The first-order valence-electron chi connectivity index (χ1n) is 7.15. The van der Waals surface area contributed by atoms with Gasteiger partial charge in [-0.05, 0) is 0 Å². The molecule has 0 aliphatic carbocycles. The van der Waals surface area contributed by atoms with Crippen LogP contribution < -0.4 is 5.73 Å². The summed E-state index contributed by atoms with van der Waals surface area (Å²) in [6.07, 6.45) is -1.42. The van der Waals surface area contributed by atoms with E-state index in [0.29, 0.717) is 11.2 Å². The maximum absolute atomic E-state index is 10.0. The van der Waals surface area contributed by atoms with Gasteiger partial charge < -0.3 is 25.8 Å². The molecular weight excluding hydrogens is 357 g/mol. The van der Waals surface area contributed by atoms with E-state index in [4.69, 9.17) is 15.6 Å². The Bertz CT molecular complexity index is 751. The molecule has 4 heterocycles. The number of carbonyl (C=O) groups is 1. The molecule has 0 spiro atoms. The fraction of sp³-hybridized carbons (Fsp3) is 0.500. The number of imidazole rings is 1. The number of nitrogens with two attached hydrogens (primary N) is 1. The lowest BCUT2D eigenvalue weighted by molar-refractivity contribution is -0.175. The smallest absolute Gasteiger partial charge is 0.210 e. The van der Waals surface area contributed by atoms with Crippen LogP contribution in [-0.4, -0.2) is 71.9 Å². The maximum atomic E-state index is 10.0. The second-order valence-corrected chi connectivity index (χ2v) is 6.11. The molecule has 0 radical (unpaired) electrons. The summed E-state index contributed by atoms with van der Waals surface area (Å²) in [6, 6.07) is 0. The maximum Gasteiger partial charge on any atom is 0.210 e. The van der Waals surface area contributed by atoms with Gasteiger partial charge in [0, 0.05) is 0 Å². The molecule has 1 unspecified atom stereocenters. The molecule has 136 valence electrons. The van der Waals surface area contributed by atoms with Gasteiger partial charge in [-0.15, -0.1) is 0 Å². The molecule has 0 amide bonds. The fourth-order valence-electron chi connectivity index (χ4n) is 2.35. The van der Waals surface area contributed by atoms with E-state index in [1.807, 2.05) is 0 Å². The Balaban J connectivity index is 0.000000258. The third kappa shape index (κ3) is 3.60. The highest BCUT2D eigenvalue weighted by molar-refractivity contribution is 7.53. The molecular formula is C12H16N5O7P. The number of anilines is 1. The van der Waals surface area contributed by atoms with Crippen molar-refractivity contribution in [3.63, 3.8) is 0 Å². The summed E-state index contributed by atoms with van der Waals surface area (Å²) in [6.45, 7) is -0.253. The van der Waals surface area contributed by atoms with E-state index in [0.717, 1.165) is 0 Å². The third-order valence-electron chi connectivity index (χ3n) is 3.58. The largest absolute Gasteiger partial charge is 0.394 e. The van der Waals surface area contributed by atoms with E-state index in [2.05, 4.69) is 24.5 Å². The number of nitrogen functional groups attached to an aromatic ring is 1. The molecule has 2 aromatic heterocycles. The van der Waals surface area contributed by atoms with E-state index in [1.54, 1.807) is 0 Å². The zero-order valence-corrected chi connectivity index (χ0v) is 13.7. The standard InChI is InChI=1S/C10H13N5O4.C2H3O3P/c11-8-5-9(13-2-12-8)15(3-14-5)10-7(18)6(17)4(1-16)19-10;3-2-1-4-5-6-2/h2-4,6-7,10,16-18H,1H2,(H2,11,12,13);6H,1H2/t4-,6-,7-,10-;/m1./s1. The fourth-order valence-corrected chi connectivity index (χ4v) is 2.68. The highest BCUT2D eigenvalue weighted by atomic mass is 31.1. The number of hydrogen-bond acceptors (Lipinski definition) is 11. The highest BCUT2D eigenvalue weighted by Crippen LogP contribution is 2.31. The molecule has 2 aliphatic heterocycles. The average molecular weight is 373 g/mol. The van der Waals surface area contributed by atoms with E-state index in [9.17, 15) is 15.0 Å². The number of fused-ring (bicyclic) bond motifs is 1. The van der Waals surface area contributed by atoms with Crippen molar-refractivity contribution in [1.82, 2.24) is 19.5 Å². The molecule has 2 saturated heterocycles. The Hall–Kier alpha value is -1.79. The van der Waals surface area contributed by atoms with Gasteiger partial charge in [-0.25, -0.2) is 24.5 Å². The summed E-state index contributed by atoms with van der Waals surface area (Å²) in [7, 11) is -0.0787. The van der Waals surface area contributed by atoms with Gasteiger partial charge in [0.2, 0.25) is 5.52 Å². The number of aliphatic hydroxyl groups is 3. The second-order valence-electron chi connectivity index (χ2n) is 5.18. The third-order valence-corrected chi connectivity index (χ3v) is 4.16. The van der Waals surface area contributed by atoms with Gasteiger partial charge in [0.05, 0.1) is 12.9 Å². The van der Waals surface area contributed by atoms with Crippen molar-refractivity contribution in [3.05, 3.63) is 12.7 Å². The van der Waals surface area contributed by atoms with Crippen molar-refractivity contribution in [2.45, 2.75) is 24.5 Å². The van der Waals surface area contributed by atoms with Crippen LogP contribution in [0.15, 0.2) is 12.7 Å². The van der Waals surface area contributed by atoms with E-state index < -0.39 is 31.1 Å². The first kappa shape index (κ1) is 18.0. The van der Waals surface area contributed by atoms with E-state index >= 15 is 0 Å².